The third-order valence-electron chi connectivity index (χ3n) is 4.29. The predicted molar refractivity (Wildman–Crippen MR) is 81.1 cm³/mol. The maximum absolute atomic E-state index is 12.7. The Morgan fingerprint density at radius 2 is 1.81 bits per heavy atom. The highest BCUT2D eigenvalue weighted by Crippen LogP contribution is 2.24. The molecule has 2 fully saturated rings. The molecule has 0 radical (unpaired) electrons. The van der Waals surface area contributed by atoms with E-state index >= 15 is 0 Å². The number of ether oxygens (including phenoxy) is 1. The smallest absolute Gasteiger partial charge is 0.282 e. The average Bonchev–Trinajstić information content (AvgIpc) is 2.53. The van der Waals surface area contributed by atoms with Gasteiger partial charge in [-0.05, 0) is 38.0 Å². The van der Waals surface area contributed by atoms with Crippen LogP contribution in [0.25, 0.3) is 0 Å². The normalized spacial score (nSPS) is 29.6. The molecule has 2 aliphatic heterocycles. The SMILES string of the molecule is CCCOC1CCCN(S(=O)(=O)N2CCCC(CO)C2)C1. The van der Waals surface area contributed by atoms with E-state index in [1.54, 1.807) is 8.61 Å². The van der Waals surface area contributed by atoms with E-state index in [2.05, 4.69) is 6.92 Å². The molecule has 21 heavy (non-hydrogen) atoms. The van der Waals surface area contributed by atoms with Gasteiger partial charge in [0, 0.05) is 39.4 Å². The van der Waals surface area contributed by atoms with Crippen molar-refractivity contribution in [2.75, 3.05) is 39.4 Å². The van der Waals surface area contributed by atoms with Crippen LogP contribution in [0, 0.1) is 5.92 Å². The monoisotopic (exact) mass is 320 g/mol. The first-order valence-electron chi connectivity index (χ1n) is 8.05. The van der Waals surface area contributed by atoms with Crippen molar-refractivity contribution in [2.45, 2.75) is 45.1 Å². The largest absolute Gasteiger partial charge is 0.396 e. The summed E-state index contributed by atoms with van der Waals surface area (Å²) >= 11 is 0. The number of hydrogen-bond acceptors (Lipinski definition) is 4. The third-order valence-corrected chi connectivity index (χ3v) is 6.26. The zero-order chi connectivity index (χ0) is 15.3. The highest BCUT2D eigenvalue weighted by atomic mass is 32.2. The van der Waals surface area contributed by atoms with Crippen molar-refractivity contribution in [3.05, 3.63) is 0 Å². The van der Waals surface area contributed by atoms with Gasteiger partial charge in [0.05, 0.1) is 6.10 Å². The second kappa shape index (κ2) is 7.87. The first-order chi connectivity index (χ1) is 10.1. The fourth-order valence-electron chi connectivity index (χ4n) is 3.08. The van der Waals surface area contributed by atoms with E-state index in [4.69, 9.17) is 4.74 Å². The van der Waals surface area contributed by atoms with Gasteiger partial charge in [0.25, 0.3) is 10.2 Å². The van der Waals surface area contributed by atoms with Gasteiger partial charge in [-0.3, -0.25) is 0 Å². The molecule has 0 aromatic carbocycles. The van der Waals surface area contributed by atoms with E-state index in [-0.39, 0.29) is 18.6 Å². The molecule has 2 heterocycles. The Labute approximate surface area is 128 Å². The molecule has 6 nitrogen and oxygen atoms in total. The van der Waals surface area contributed by atoms with E-state index in [1.165, 1.54) is 0 Å². The Hall–Kier alpha value is -0.210. The molecule has 0 aromatic heterocycles. The van der Waals surface area contributed by atoms with Gasteiger partial charge in [0.1, 0.15) is 0 Å². The molecule has 0 saturated carbocycles. The molecule has 0 aliphatic carbocycles. The average molecular weight is 320 g/mol. The van der Waals surface area contributed by atoms with Gasteiger partial charge in [-0.15, -0.1) is 0 Å². The highest BCUT2D eigenvalue weighted by Gasteiger charge is 2.36. The molecule has 2 rings (SSSR count). The molecule has 0 bridgehead atoms. The van der Waals surface area contributed by atoms with E-state index in [9.17, 15) is 13.5 Å². The van der Waals surface area contributed by atoms with Gasteiger partial charge in [0.2, 0.25) is 0 Å². The summed E-state index contributed by atoms with van der Waals surface area (Å²) in [5.41, 5.74) is 0. The topological polar surface area (TPSA) is 70.1 Å². The highest BCUT2D eigenvalue weighted by molar-refractivity contribution is 7.86. The lowest BCUT2D eigenvalue weighted by Crippen LogP contribution is -2.52. The Bertz CT molecular complexity index is 415. The molecule has 0 amide bonds. The van der Waals surface area contributed by atoms with Gasteiger partial charge in [-0.2, -0.15) is 17.0 Å². The van der Waals surface area contributed by atoms with Crippen LogP contribution in [0.15, 0.2) is 0 Å². The van der Waals surface area contributed by atoms with Crippen LogP contribution in [-0.2, 0) is 14.9 Å². The molecule has 0 spiro atoms. The quantitative estimate of drug-likeness (QED) is 0.787. The molecule has 124 valence electrons. The number of hydrogen-bond donors (Lipinski definition) is 1. The summed E-state index contributed by atoms with van der Waals surface area (Å²) in [5, 5.41) is 9.27. The van der Waals surface area contributed by atoms with Crippen molar-refractivity contribution >= 4 is 10.2 Å². The summed E-state index contributed by atoms with van der Waals surface area (Å²) in [4.78, 5) is 0. The summed E-state index contributed by atoms with van der Waals surface area (Å²) in [6.07, 6.45) is 4.50. The summed E-state index contributed by atoms with van der Waals surface area (Å²) in [6, 6.07) is 0. The number of aliphatic hydroxyl groups excluding tert-OH is 1. The minimum absolute atomic E-state index is 0.0203. The van der Waals surface area contributed by atoms with E-state index in [0.29, 0.717) is 32.8 Å². The summed E-state index contributed by atoms with van der Waals surface area (Å²) < 4.78 is 34.3. The van der Waals surface area contributed by atoms with Gasteiger partial charge >= 0.3 is 0 Å². The molecular formula is C14H28N2O4S. The minimum atomic E-state index is -3.41. The molecule has 2 aliphatic rings. The summed E-state index contributed by atoms with van der Waals surface area (Å²) in [6.45, 7) is 4.85. The molecule has 7 heteroatoms. The van der Waals surface area contributed by atoms with Crippen LogP contribution in [0.5, 0.6) is 0 Å². The van der Waals surface area contributed by atoms with Crippen molar-refractivity contribution < 1.29 is 18.3 Å². The van der Waals surface area contributed by atoms with Crippen LogP contribution in [0.3, 0.4) is 0 Å². The molecule has 1 N–H and O–H groups in total. The van der Waals surface area contributed by atoms with Crippen LogP contribution in [0.4, 0.5) is 0 Å². The minimum Gasteiger partial charge on any atom is -0.396 e. The molecule has 2 unspecified atom stereocenters. The van der Waals surface area contributed by atoms with Crippen molar-refractivity contribution in [1.29, 1.82) is 0 Å². The second-order valence-corrected chi connectivity index (χ2v) is 7.98. The molecule has 0 aromatic rings. The Balaban J connectivity index is 1.97. The maximum atomic E-state index is 12.7. The first-order valence-corrected chi connectivity index (χ1v) is 9.45. The van der Waals surface area contributed by atoms with E-state index < -0.39 is 10.2 Å². The van der Waals surface area contributed by atoms with Crippen LogP contribution in [-0.4, -0.2) is 67.6 Å². The summed E-state index contributed by atoms with van der Waals surface area (Å²) in [5.74, 6) is 0.0745. The van der Waals surface area contributed by atoms with Gasteiger partial charge in [-0.1, -0.05) is 6.92 Å². The Morgan fingerprint density at radius 3 is 2.48 bits per heavy atom. The predicted octanol–water partition coefficient (Wildman–Crippen LogP) is 0.827. The van der Waals surface area contributed by atoms with Crippen LogP contribution in [0.1, 0.15) is 39.0 Å². The Kier molecular flexibility index (Phi) is 6.43. The number of nitrogens with zero attached hydrogens (tertiary/aromatic N) is 2. The Morgan fingerprint density at radius 1 is 1.14 bits per heavy atom. The van der Waals surface area contributed by atoms with Gasteiger partial charge in [-0.25, -0.2) is 0 Å². The van der Waals surface area contributed by atoms with Crippen molar-refractivity contribution in [2.24, 2.45) is 5.92 Å². The van der Waals surface area contributed by atoms with Crippen molar-refractivity contribution in [3.8, 4) is 0 Å². The standard InChI is InChI=1S/C14H28N2O4S/c1-2-9-20-14-6-4-8-16(11-14)21(18,19)15-7-3-5-13(10-15)12-17/h13-14,17H,2-12H2,1H3. The first kappa shape index (κ1) is 17.1. The van der Waals surface area contributed by atoms with Crippen LogP contribution < -0.4 is 0 Å². The number of piperidine rings is 2. The lowest BCUT2D eigenvalue weighted by molar-refractivity contribution is 0.0176. The number of aliphatic hydroxyl groups is 1. The molecule has 2 atom stereocenters. The summed E-state index contributed by atoms with van der Waals surface area (Å²) in [7, 11) is -3.41. The van der Waals surface area contributed by atoms with Gasteiger partial charge in [0.15, 0.2) is 0 Å². The van der Waals surface area contributed by atoms with Crippen LogP contribution in [0.2, 0.25) is 0 Å². The fourth-order valence-corrected chi connectivity index (χ4v) is 4.88. The number of rotatable bonds is 6. The van der Waals surface area contributed by atoms with Gasteiger partial charge < -0.3 is 9.84 Å². The fraction of sp³-hybridized carbons (Fsp3) is 1.00. The second-order valence-electron chi connectivity index (χ2n) is 6.05. The van der Waals surface area contributed by atoms with Crippen molar-refractivity contribution in [3.63, 3.8) is 0 Å². The zero-order valence-electron chi connectivity index (χ0n) is 12.9. The maximum Gasteiger partial charge on any atom is 0.282 e. The van der Waals surface area contributed by atoms with E-state index in [0.717, 1.165) is 32.1 Å². The third kappa shape index (κ3) is 4.39. The lowest BCUT2D eigenvalue weighted by Gasteiger charge is -2.38. The molecular weight excluding hydrogens is 292 g/mol. The lowest BCUT2D eigenvalue weighted by atomic mass is 10.0. The van der Waals surface area contributed by atoms with E-state index in [1.807, 2.05) is 0 Å². The zero-order valence-corrected chi connectivity index (χ0v) is 13.7. The van der Waals surface area contributed by atoms with Crippen LogP contribution >= 0.6 is 0 Å². The van der Waals surface area contributed by atoms with Crippen molar-refractivity contribution in [1.82, 2.24) is 8.61 Å². The molecule has 2 saturated heterocycles.